The molecule has 0 saturated carbocycles. The van der Waals surface area contributed by atoms with Crippen LogP contribution in [0.15, 0.2) is 23.2 Å². The number of nitrogens with two attached hydrogens (primary N) is 1. The third-order valence-corrected chi connectivity index (χ3v) is 1.98. The van der Waals surface area contributed by atoms with Crippen molar-refractivity contribution in [1.29, 1.82) is 0 Å². The summed E-state index contributed by atoms with van der Waals surface area (Å²) in [6.45, 7) is 0. The fourth-order valence-electron chi connectivity index (χ4n) is 1.24. The van der Waals surface area contributed by atoms with Gasteiger partial charge >= 0.3 is 0 Å². The number of anilines is 1. The molecule has 0 spiro atoms. The number of aromatic nitrogens is 7. The lowest BCUT2D eigenvalue weighted by Gasteiger charge is -1.95. The van der Waals surface area contributed by atoms with E-state index >= 15 is 0 Å². The highest BCUT2D eigenvalue weighted by atomic mass is 16.5. The summed E-state index contributed by atoms with van der Waals surface area (Å²) in [6.07, 6.45) is 4.32. The van der Waals surface area contributed by atoms with Gasteiger partial charge in [-0.3, -0.25) is 5.10 Å². The van der Waals surface area contributed by atoms with Gasteiger partial charge in [-0.25, -0.2) is 15.0 Å². The van der Waals surface area contributed by atoms with E-state index in [0.717, 1.165) is 0 Å². The lowest BCUT2D eigenvalue weighted by atomic mass is 10.4. The molecule has 0 aliphatic heterocycles. The van der Waals surface area contributed by atoms with Crippen LogP contribution in [0.4, 0.5) is 5.82 Å². The summed E-state index contributed by atoms with van der Waals surface area (Å²) < 4.78 is 5.02. The Hall–Kier alpha value is -2.84. The highest BCUT2D eigenvalue weighted by Gasteiger charge is 2.15. The van der Waals surface area contributed by atoms with E-state index < -0.39 is 0 Å². The Morgan fingerprint density at radius 3 is 2.82 bits per heavy atom. The van der Waals surface area contributed by atoms with Crippen LogP contribution in [-0.2, 0) is 0 Å². The highest BCUT2D eigenvalue weighted by molar-refractivity contribution is 5.62. The summed E-state index contributed by atoms with van der Waals surface area (Å²) in [4.78, 5) is 15.9. The molecule has 0 radical (unpaired) electrons. The molecular formula is C8H6N8O. The van der Waals surface area contributed by atoms with Crippen molar-refractivity contribution in [3.63, 3.8) is 0 Å². The largest absolute Gasteiger partial charge is 0.382 e. The third-order valence-electron chi connectivity index (χ3n) is 1.98. The Kier molecular flexibility index (Phi) is 2.00. The number of rotatable bonds is 2. The molecule has 0 atom stereocenters. The van der Waals surface area contributed by atoms with Crippen LogP contribution in [0.1, 0.15) is 0 Å². The van der Waals surface area contributed by atoms with Crippen LogP contribution >= 0.6 is 0 Å². The number of nitrogens with one attached hydrogen (secondary N) is 1. The molecule has 0 aliphatic carbocycles. The monoisotopic (exact) mass is 230 g/mol. The summed E-state index contributed by atoms with van der Waals surface area (Å²) in [6, 6.07) is 0. The lowest BCUT2D eigenvalue weighted by molar-refractivity contribution is 0.430. The summed E-state index contributed by atoms with van der Waals surface area (Å²) in [5.41, 5.74) is 5.98. The molecule has 17 heavy (non-hydrogen) atoms. The number of H-pyrrole nitrogens is 1. The summed E-state index contributed by atoms with van der Waals surface area (Å²) in [7, 11) is 0. The number of hydrogen-bond acceptors (Lipinski definition) is 8. The van der Waals surface area contributed by atoms with Crippen LogP contribution < -0.4 is 5.73 Å². The SMILES string of the molecule is Nc1nccnc1-c1nc(-c2ncn[nH]2)no1. The summed E-state index contributed by atoms with van der Waals surface area (Å²) in [5.74, 6) is 1.09. The van der Waals surface area contributed by atoms with Crippen LogP contribution in [0.5, 0.6) is 0 Å². The molecule has 9 nitrogen and oxygen atoms in total. The fraction of sp³-hybridized carbons (Fsp3) is 0. The number of nitrogen functional groups attached to an aromatic ring is 1. The first-order valence-corrected chi connectivity index (χ1v) is 4.61. The number of aromatic amines is 1. The average Bonchev–Trinajstić information content (AvgIpc) is 3.00. The van der Waals surface area contributed by atoms with E-state index in [9.17, 15) is 0 Å². The second-order valence-electron chi connectivity index (χ2n) is 3.05. The Morgan fingerprint density at radius 2 is 2.06 bits per heavy atom. The highest BCUT2D eigenvalue weighted by Crippen LogP contribution is 2.21. The number of nitrogens with zero attached hydrogens (tertiary/aromatic N) is 6. The maximum Gasteiger partial charge on any atom is 0.280 e. The predicted molar refractivity (Wildman–Crippen MR) is 55.1 cm³/mol. The minimum absolute atomic E-state index is 0.182. The minimum atomic E-state index is 0.182. The first kappa shape index (κ1) is 9.39. The molecule has 0 aromatic carbocycles. The minimum Gasteiger partial charge on any atom is -0.382 e. The van der Waals surface area contributed by atoms with Gasteiger partial charge in [0.25, 0.3) is 5.89 Å². The zero-order valence-electron chi connectivity index (χ0n) is 8.40. The van der Waals surface area contributed by atoms with Gasteiger partial charge in [0.05, 0.1) is 0 Å². The predicted octanol–water partition coefficient (Wildman–Crippen LogP) is -0.106. The van der Waals surface area contributed by atoms with E-state index in [2.05, 4.69) is 35.3 Å². The van der Waals surface area contributed by atoms with Gasteiger partial charge in [0.1, 0.15) is 6.33 Å². The van der Waals surface area contributed by atoms with E-state index in [1.54, 1.807) is 0 Å². The van der Waals surface area contributed by atoms with Gasteiger partial charge in [-0.05, 0) is 0 Å². The molecule has 0 amide bonds. The molecule has 0 unspecified atom stereocenters. The summed E-state index contributed by atoms with van der Waals surface area (Å²) in [5, 5.41) is 10.0. The second kappa shape index (κ2) is 3.63. The standard InChI is InChI=1S/C8H6N8O/c9-5-4(10-1-2-11-5)8-14-7(16-17-8)6-12-3-13-15-6/h1-3H,(H2,9,11)(H,12,13,15). The zero-order chi connectivity index (χ0) is 11.7. The normalized spacial score (nSPS) is 10.6. The van der Waals surface area contributed by atoms with Crippen LogP contribution in [0.25, 0.3) is 23.2 Å². The fourth-order valence-corrected chi connectivity index (χ4v) is 1.24. The van der Waals surface area contributed by atoms with Crippen molar-refractivity contribution in [3.05, 3.63) is 18.7 Å². The van der Waals surface area contributed by atoms with Crippen LogP contribution in [0.3, 0.4) is 0 Å². The smallest absolute Gasteiger partial charge is 0.280 e. The van der Waals surface area contributed by atoms with E-state index in [0.29, 0.717) is 11.5 Å². The Morgan fingerprint density at radius 1 is 1.18 bits per heavy atom. The maximum absolute atomic E-state index is 5.64. The third kappa shape index (κ3) is 1.58. The van der Waals surface area contributed by atoms with Crippen molar-refractivity contribution in [3.8, 4) is 23.2 Å². The Balaban J connectivity index is 2.04. The second-order valence-corrected chi connectivity index (χ2v) is 3.05. The van der Waals surface area contributed by atoms with Crippen molar-refractivity contribution in [2.24, 2.45) is 0 Å². The lowest BCUT2D eigenvalue weighted by Crippen LogP contribution is -1.96. The molecule has 3 heterocycles. The van der Waals surface area contributed by atoms with Crippen molar-refractivity contribution < 1.29 is 4.52 Å². The van der Waals surface area contributed by atoms with Crippen molar-refractivity contribution in [2.45, 2.75) is 0 Å². The average molecular weight is 230 g/mol. The van der Waals surface area contributed by atoms with Gasteiger partial charge in [0, 0.05) is 12.4 Å². The van der Waals surface area contributed by atoms with Crippen molar-refractivity contribution in [2.75, 3.05) is 5.73 Å². The quantitative estimate of drug-likeness (QED) is 0.623. The van der Waals surface area contributed by atoms with Gasteiger partial charge in [-0.15, -0.1) is 0 Å². The van der Waals surface area contributed by atoms with Gasteiger partial charge in [-0.2, -0.15) is 10.1 Å². The van der Waals surface area contributed by atoms with Crippen molar-refractivity contribution >= 4 is 5.82 Å². The molecule has 3 N–H and O–H groups in total. The Labute approximate surface area is 94.1 Å². The first-order chi connectivity index (χ1) is 8.34. The van der Waals surface area contributed by atoms with E-state index in [1.165, 1.54) is 18.7 Å². The van der Waals surface area contributed by atoms with Gasteiger partial charge < -0.3 is 10.3 Å². The Bertz CT molecular complexity index is 631. The van der Waals surface area contributed by atoms with Gasteiger partial charge in [0.2, 0.25) is 5.82 Å². The number of hydrogen-bond donors (Lipinski definition) is 2. The molecule has 0 bridgehead atoms. The first-order valence-electron chi connectivity index (χ1n) is 4.61. The van der Waals surface area contributed by atoms with Crippen molar-refractivity contribution in [1.82, 2.24) is 35.3 Å². The molecule has 9 heteroatoms. The maximum atomic E-state index is 5.64. The molecular weight excluding hydrogens is 224 g/mol. The zero-order valence-corrected chi connectivity index (χ0v) is 8.40. The molecule has 3 aromatic heterocycles. The molecule has 84 valence electrons. The molecule has 3 rings (SSSR count). The van der Waals surface area contributed by atoms with Crippen LogP contribution in [0, 0.1) is 0 Å². The molecule has 3 aromatic rings. The van der Waals surface area contributed by atoms with E-state index in [-0.39, 0.29) is 17.5 Å². The van der Waals surface area contributed by atoms with Crippen LogP contribution in [-0.4, -0.2) is 35.3 Å². The topological polar surface area (TPSA) is 132 Å². The summed E-state index contributed by atoms with van der Waals surface area (Å²) >= 11 is 0. The van der Waals surface area contributed by atoms with Gasteiger partial charge in [-0.1, -0.05) is 5.16 Å². The van der Waals surface area contributed by atoms with E-state index in [1.807, 2.05) is 0 Å². The molecule has 0 saturated heterocycles. The van der Waals surface area contributed by atoms with Gasteiger partial charge in [0.15, 0.2) is 17.3 Å². The van der Waals surface area contributed by atoms with E-state index in [4.69, 9.17) is 10.3 Å². The molecule has 0 aliphatic rings. The molecule has 0 fully saturated rings. The van der Waals surface area contributed by atoms with Crippen LogP contribution in [0.2, 0.25) is 0 Å².